The van der Waals surface area contributed by atoms with Crippen LogP contribution in [-0.4, -0.2) is 34.9 Å². The van der Waals surface area contributed by atoms with E-state index < -0.39 is 0 Å². The van der Waals surface area contributed by atoms with Crippen LogP contribution in [-0.2, 0) is 10.2 Å². The van der Waals surface area contributed by atoms with Crippen LogP contribution in [0.4, 0.5) is 0 Å². The Bertz CT molecular complexity index is 602. The Morgan fingerprint density at radius 1 is 1.21 bits per heavy atom. The van der Waals surface area contributed by atoms with Crippen molar-refractivity contribution in [1.82, 2.24) is 4.90 Å². The molecule has 0 unspecified atom stereocenters. The minimum atomic E-state index is -0.281. The summed E-state index contributed by atoms with van der Waals surface area (Å²) in [6.45, 7) is 16.5. The number of hydrogen-bond acceptors (Lipinski definition) is 4. The van der Waals surface area contributed by atoms with E-state index in [9.17, 15) is 4.79 Å². The van der Waals surface area contributed by atoms with Gasteiger partial charge in [0.1, 0.15) is 4.32 Å². The van der Waals surface area contributed by atoms with Crippen LogP contribution in [0.5, 0.6) is 0 Å². The van der Waals surface area contributed by atoms with Crippen molar-refractivity contribution in [3.63, 3.8) is 0 Å². The molecule has 0 fully saturated rings. The van der Waals surface area contributed by atoms with Crippen LogP contribution >= 0.6 is 24.0 Å². The van der Waals surface area contributed by atoms with E-state index in [4.69, 9.17) is 17.0 Å². The summed E-state index contributed by atoms with van der Waals surface area (Å²) in [7, 11) is 0. The standard InChI is InChI=1S/C19H29NO2S2/c1-8-20(9-2)18(23)24-16-13(4)11-14(19(5,6)7)12-15(16)17(21)22-10-3/h11-12H,8-10H2,1-7H3. The third kappa shape index (κ3) is 5.21. The van der Waals surface area contributed by atoms with Gasteiger partial charge in [0.15, 0.2) is 0 Å². The summed E-state index contributed by atoms with van der Waals surface area (Å²) < 4.78 is 6.07. The van der Waals surface area contributed by atoms with E-state index in [1.165, 1.54) is 11.8 Å². The lowest BCUT2D eigenvalue weighted by molar-refractivity contribution is 0.0522. The van der Waals surface area contributed by atoms with Gasteiger partial charge in [-0.1, -0.05) is 50.8 Å². The summed E-state index contributed by atoms with van der Waals surface area (Å²) in [5, 5.41) is 0. The van der Waals surface area contributed by atoms with E-state index in [1.54, 1.807) is 0 Å². The summed E-state index contributed by atoms with van der Waals surface area (Å²) in [6.07, 6.45) is 0. The van der Waals surface area contributed by atoms with Gasteiger partial charge in [-0.2, -0.15) is 0 Å². The number of thiocarbonyl (C=S) groups is 1. The summed E-state index contributed by atoms with van der Waals surface area (Å²) >= 11 is 7.05. The first-order valence-electron chi connectivity index (χ1n) is 8.44. The summed E-state index contributed by atoms with van der Waals surface area (Å²) in [4.78, 5) is 15.5. The summed E-state index contributed by atoms with van der Waals surface area (Å²) in [5.74, 6) is -0.281. The van der Waals surface area contributed by atoms with Crippen LogP contribution in [0.3, 0.4) is 0 Å². The molecule has 0 atom stereocenters. The molecule has 0 saturated carbocycles. The van der Waals surface area contributed by atoms with E-state index >= 15 is 0 Å². The van der Waals surface area contributed by atoms with E-state index in [-0.39, 0.29) is 11.4 Å². The van der Waals surface area contributed by atoms with Crippen molar-refractivity contribution < 1.29 is 9.53 Å². The molecule has 0 aliphatic carbocycles. The molecule has 0 bridgehead atoms. The average molecular weight is 368 g/mol. The van der Waals surface area contributed by atoms with E-state index in [0.29, 0.717) is 12.2 Å². The van der Waals surface area contributed by atoms with Crippen molar-refractivity contribution in [3.8, 4) is 0 Å². The first-order valence-corrected chi connectivity index (χ1v) is 9.67. The maximum absolute atomic E-state index is 12.5. The van der Waals surface area contributed by atoms with Crippen LogP contribution in [0, 0.1) is 6.92 Å². The molecule has 1 rings (SSSR count). The van der Waals surface area contributed by atoms with Crippen LogP contribution in [0.15, 0.2) is 17.0 Å². The molecule has 0 heterocycles. The van der Waals surface area contributed by atoms with Crippen molar-refractivity contribution >= 4 is 34.3 Å². The number of carbonyl (C=O) groups is 1. The minimum Gasteiger partial charge on any atom is -0.462 e. The number of thioether (sulfide) groups is 1. The van der Waals surface area contributed by atoms with Gasteiger partial charge in [-0.05, 0) is 50.3 Å². The number of ether oxygens (including phenoxy) is 1. The van der Waals surface area contributed by atoms with Crippen LogP contribution < -0.4 is 0 Å². The van der Waals surface area contributed by atoms with Crippen molar-refractivity contribution in [2.45, 2.75) is 58.8 Å². The summed E-state index contributed by atoms with van der Waals surface area (Å²) in [6, 6.07) is 4.11. The highest BCUT2D eigenvalue weighted by atomic mass is 32.2. The first-order chi connectivity index (χ1) is 11.1. The molecule has 1 aromatic carbocycles. The Hall–Kier alpha value is -1.07. The van der Waals surface area contributed by atoms with E-state index in [0.717, 1.165) is 33.4 Å². The highest BCUT2D eigenvalue weighted by Crippen LogP contribution is 2.34. The Morgan fingerprint density at radius 3 is 2.25 bits per heavy atom. The second-order valence-electron chi connectivity index (χ2n) is 6.68. The lowest BCUT2D eigenvalue weighted by Crippen LogP contribution is -2.27. The maximum Gasteiger partial charge on any atom is 0.339 e. The van der Waals surface area contributed by atoms with Gasteiger partial charge in [0, 0.05) is 18.0 Å². The fraction of sp³-hybridized carbons (Fsp3) is 0.579. The second kappa shape index (κ2) is 8.86. The van der Waals surface area contributed by atoms with Gasteiger partial charge < -0.3 is 9.64 Å². The van der Waals surface area contributed by atoms with Gasteiger partial charge in [0.05, 0.1) is 12.2 Å². The minimum absolute atomic E-state index is 0.0332. The first kappa shape index (κ1) is 21.0. The van der Waals surface area contributed by atoms with Crippen LogP contribution in [0.25, 0.3) is 0 Å². The number of rotatable bonds is 5. The molecule has 5 heteroatoms. The lowest BCUT2D eigenvalue weighted by Gasteiger charge is -2.25. The quantitative estimate of drug-likeness (QED) is 0.406. The topological polar surface area (TPSA) is 29.5 Å². The number of aryl methyl sites for hydroxylation is 1. The Labute approximate surface area is 156 Å². The Balaban J connectivity index is 3.36. The molecule has 24 heavy (non-hydrogen) atoms. The molecule has 134 valence electrons. The fourth-order valence-corrected chi connectivity index (χ4v) is 3.88. The van der Waals surface area contributed by atoms with Crippen molar-refractivity contribution in [2.75, 3.05) is 19.7 Å². The van der Waals surface area contributed by atoms with E-state index in [1.807, 2.05) is 19.9 Å². The Kier molecular flexibility index (Phi) is 7.74. The van der Waals surface area contributed by atoms with Gasteiger partial charge in [-0.15, -0.1) is 0 Å². The molecule has 0 aromatic heterocycles. The van der Waals surface area contributed by atoms with Gasteiger partial charge in [-0.25, -0.2) is 4.79 Å². The normalized spacial score (nSPS) is 11.3. The molecule has 0 saturated heterocycles. The van der Waals surface area contributed by atoms with Gasteiger partial charge >= 0.3 is 5.97 Å². The number of nitrogens with zero attached hydrogens (tertiary/aromatic N) is 1. The SMILES string of the molecule is CCOC(=O)c1cc(C(C)(C)C)cc(C)c1SC(=S)N(CC)CC. The third-order valence-corrected chi connectivity index (χ3v) is 5.53. The molecular formula is C19H29NO2S2. The molecule has 0 amide bonds. The zero-order chi connectivity index (χ0) is 18.5. The zero-order valence-electron chi connectivity index (χ0n) is 15.9. The average Bonchev–Trinajstić information content (AvgIpc) is 2.49. The largest absolute Gasteiger partial charge is 0.462 e. The smallest absolute Gasteiger partial charge is 0.339 e. The molecule has 0 aliphatic heterocycles. The predicted octanol–water partition coefficient (Wildman–Crippen LogP) is 5.19. The summed E-state index contributed by atoms with van der Waals surface area (Å²) in [5.41, 5.74) is 2.77. The highest BCUT2D eigenvalue weighted by molar-refractivity contribution is 8.23. The molecule has 1 aromatic rings. The van der Waals surface area contributed by atoms with Crippen molar-refractivity contribution in [1.29, 1.82) is 0 Å². The maximum atomic E-state index is 12.5. The van der Waals surface area contributed by atoms with Crippen molar-refractivity contribution in [3.05, 3.63) is 28.8 Å². The zero-order valence-corrected chi connectivity index (χ0v) is 17.5. The predicted molar refractivity (Wildman–Crippen MR) is 107 cm³/mol. The van der Waals surface area contributed by atoms with Crippen molar-refractivity contribution in [2.24, 2.45) is 0 Å². The number of carbonyl (C=O) groups excluding carboxylic acids is 1. The molecule has 3 nitrogen and oxygen atoms in total. The van der Waals surface area contributed by atoms with Crippen LogP contribution in [0.2, 0.25) is 0 Å². The third-order valence-electron chi connectivity index (χ3n) is 3.85. The molecule has 0 radical (unpaired) electrons. The highest BCUT2D eigenvalue weighted by Gasteiger charge is 2.23. The molecule has 0 aliphatic rings. The molecular weight excluding hydrogens is 338 g/mol. The number of hydrogen-bond donors (Lipinski definition) is 0. The molecule has 0 N–H and O–H groups in total. The lowest BCUT2D eigenvalue weighted by atomic mass is 9.85. The van der Waals surface area contributed by atoms with Gasteiger partial charge in [-0.3, -0.25) is 0 Å². The van der Waals surface area contributed by atoms with E-state index in [2.05, 4.69) is 45.6 Å². The number of benzene rings is 1. The molecule has 0 spiro atoms. The fourth-order valence-electron chi connectivity index (χ4n) is 2.34. The van der Waals surface area contributed by atoms with Crippen LogP contribution in [0.1, 0.15) is 63.0 Å². The number of esters is 1. The van der Waals surface area contributed by atoms with Gasteiger partial charge in [0.2, 0.25) is 0 Å². The monoisotopic (exact) mass is 367 g/mol. The van der Waals surface area contributed by atoms with Gasteiger partial charge in [0.25, 0.3) is 0 Å². The Morgan fingerprint density at radius 2 is 1.79 bits per heavy atom. The second-order valence-corrected chi connectivity index (χ2v) is 8.32.